The third-order valence-electron chi connectivity index (χ3n) is 6.89. The molecule has 8 nitrogen and oxygen atoms in total. The molecule has 9 heteroatoms. The number of benzene rings is 2. The van der Waals surface area contributed by atoms with Crippen LogP contribution in [0.25, 0.3) is 0 Å². The number of aromatic nitrogens is 1. The Kier molecular flexibility index (Phi) is 7.09. The number of likely N-dealkylation sites (tertiary alicyclic amines) is 1. The fourth-order valence-corrected chi connectivity index (χ4v) is 4.84. The number of halogens is 1. The molecule has 1 aromatic heterocycles. The van der Waals surface area contributed by atoms with Crippen LogP contribution < -0.4 is 11.1 Å². The average molecular weight is 517 g/mol. The monoisotopic (exact) mass is 516 g/mol. The molecule has 3 N–H and O–H groups in total. The second kappa shape index (κ2) is 10.6. The summed E-state index contributed by atoms with van der Waals surface area (Å²) in [5.41, 5.74) is 8.30. The van der Waals surface area contributed by atoms with Crippen molar-refractivity contribution in [1.82, 2.24) is 15.2 Å². The third kappa shape index (κ3) is 5.99. The Bertz CT molecular complexity index is 1340. The summed E-state index contributed by atoms with van der Waals surface area (Å²) >= 11 is 0. The molecule has 3 aromatic rings. The van der Waals surface area contributed by atoms with Crippen molar-refractivity contribution in [2.24, 2.45) is 5.73 Å². The van der Waals surface area contributed by atoms with E-state index in [0.717, 1.165) is 35.2 Å². The van der Waals surface area contributed by atoms with Gasteiger partial charge in [0.1, 0.15) is 18.1 Å². The van der Waals surface area contributed by atoms with Crippen molar-refractivity contribution >= 4 is 17.9 Å². The summed E-state index contributed by atoms with van der Waals surface area (Å²) in [6.07, 6.45) is 1.96. The van der Waals surface area contributed by atoms with E-state index < -0.39 is 23.4 Å². The molecule has 0 radical (unpaired) electrons. The molecule has 0 unspecified atom stereocenters. The minimum atomic E-state index is -0.997. The van der Waals surface area contributed by atoms with E-state index in [1.807, 2.05) is 36.4 Å². The fourth-order valence-electron chi connectivity index (χ4n) is 4.84. The number of pyridine rings is 1. The zero-order valence-electron chi connectivity index (χ0n) is 20.9. The van der Waals surface area contributed by atoms with Crippen LogP contribution in [0, 0.1) is 5.82 Å². The standard InChI is InChI=1S/C29H29FN4O4/c30-22-10-6-19(7-11-22)14-25-23(21-8-9-21)12-13-24(32-25)27(36)33-29(15-26(31)35)17-34(18-29)28(37)38-16-20-4-2-1-3-5-20/h1-7,10-13,21H,8-9,14-18H2,(H2,31,35)(H,33,36). The van der Waals surface area contributed by atoms with Gasteiger partial charge in [0.15, 0.2) is 0 Å². The number of nitrogens with two attached hydrogens (primary N) is 1. The summed E-state index contributed by atoms with van der Waals surface area (Å²) in [5, 5.41) is 2.90. The lowest BCUT2D eigenvalue weighted by atomic mass is 9.86. The van der Waals surface area contributed by atoms with Crippen LogP contribution in [0.1, 0.15) is 58.1 Å². The van der Waals surface area contributed by atoms with E-state index in [-0.39, 0.29) is 37.6 Å². The fraction of sp³-hybridized carbons (Fsp3) is 0.310. The smallest absolute Gasteiger partial charge is 0.410 e. The number of hydrogen-bond donors (Lipinski definition) is 2. The Labute approximate surface area is 220 Å². The highest BCUT2D eigenvalue weighted by molar-refractivity contribution is 5.94. The molecule has 2 aliphatic rings. The van der Waals surface area contributed by atoms with Gasteiger partial charge in [0.25, 0.3) is 5.91 Å². The largest absolute Gasteiger partial charge is 0.445 e. The number of nitrogens with one attached hydrogen (secondary N) is 1. The molecule has 2 aromatic carbocycles. The normalized spacial score (nSPS) is 15.9. The van der Waals surface area contributed by atoms with Gasteiger partial charge in [-0.3, -0.25) is 9.59 Å². The number of nitrogens with zero attached hydrogens (tertiary/aromatic N) is 2. The molecule has 5 rings (SSSR count). The highest BCUT2D eigenvalue weighted by Gasteiger charge is 2.48. The van der Waals surface area contributed by atoms with Crippen molar-refractivity contribution in [3.8, 4) is 0 Å². The lowest BCUT2D eigenvalue weighted by Crippen LogP contribution is -2.72. The first-order chi connectivity index (χ1) is 18.3. The Hall–Kier alpha value is -4.27. The first kappa shape index (κ1) is 25.4. The van der Waals surface area contributed by atoms with Crippen molar-refractivity contribution in [2.75, 3.05) is 13.1 Å². The zero-order chi connectivity index (χ0) is 26.7. The maximum Gasteiger partial charge on any atom is 0.410 e. The number of ether oxygens (including phenoxy) is 1. The summed E-state index contributed by atoms with van der Waals surface area (Å²) in [6, 6.07) is 19.1. The molecule has 1 saturated carbocycles. The SMILES string of the molecule is NC(=O)CC1(NC(=O)c2ccc(C3CC3)c(Cc3ccc(F)cc3)n2)CN(C(=O)OCc2ccccc2)C1. The summed E-state index contributed by atoms with van der Waals surface area (Å²) in [7, 11) is 0. The van der Waals surface area contributed by atoms with E-state index in [1.165, 1.54) is 17.0 Å². The van der Waals surface area contributed by atoms with Crippen LogP contribution in [0.2, 0.25) is 0 Å². The van der Waals surface area contributed by atoms with E-state index in [1.54, 1.807) is 18.2 Å². The van der Waals surface area contributed by atoms with Gasteiger partial charge in [-0.25, -0.2) is 14.2 Å². The van der Waals surface area contributed by atoms with Crippen LogP contribution >= 0.6 is 0 Å². The molecular formula is C29H29FN4O4. The molecule has 2 fully saturated rings. The number of rotatable bonds is 9. The Morgan fingerprint density at radius 2 is 1.71 bits per heavy atom. The van der Waals surface area contributed by atoms with Crippen LogP contribution in [0.4, 0.5) is 9.18 Å². The van der Waals surface area contributed by atoms with Crippen LogP contribution in [-0.4, -0.2) is 46.4 Å². The molecule has 0 bridgehead atoms. The molecule has 1 saturated heterocycles. The first-order valence-electron chi connectivity index (χ1n) is 12.6. The Balaban J connectivity index is 1.27. The molecule has 38 heavy (non-hydrogen) atoms. The van der Waals surface area contributed by atoms with Crippen LogP contribution in [0.15, 0.2) is 66.7 Å². The Morgan fingerprint density at radius 3 is 2.37 bits per heavy atom. The lowest BCUT2D eigenvalue weighted by molar-refractivity contribution is -0.121. The van der Waals surface area contributed by atoms with E-state index in [0.29, 0.717) is 12.3 Å². The quantitative estimate of drug-likeness (QED) is 0.450. The van der Waals surface area contributed by atoms with Gasteiger partial charge in [0.05, 0.1) is 12.0 Å². The molecule has 0 spiro atoms. The van der Waals surface area contributed by atoms with Gasteiger partial charge < -0.3 is 20.7 Å². The van der Waals surface area contributed by atoms with Gasteiger partial charge in [-0.05, 0) is 53.6 Å². The number of carbonyl (C=O) groups is 3. The molecule has 3 amide bonds. The first-order valence-corrected chi connectivity index (χ1v) is 12.6. The van der Waals surface area contributed by atoms with Crippen molar-refractivity contribution in [3.05, 3.63) is 101 Å². The summed E-state index contributed by atoms with van der Waals surface area (Å²) < 4.78 is 18.7. The molecule has 2 heterocycles. The summed E-state index contributed by atoms with van der Waals surface area (Å²) in [4.78, 5) is 43.7. The minimum Gasteiger partial charge on any atom is -0.445 e. The van der Waals surface area contributed by atoms with Crippen molar-refractivity contribution in [1.29, 1.82) is 0 Å². The van der Waals surface area contributed by atoms with Crippen molar-refractivity contribution < 1.29 is 23.5 Å². The van der Waals surface area contributed by atoms with E-state index in [2.05, 4.69) is 10.3 Å². The van der Waals surface area contributed by atoms with E-state index >= 15 is 0 Å². The van der Waals surface area contributed by atoms with Crippen molar-refractivity contribution in [3.63, 3.8) is 0 Å². The summed E-state index contributed by atoms with van der Waals surface area (Å²) in [6.45, 7) is 0.315. The number of hydrogen-bond acceptors (Lipinski definition) is 5. The maximum atomic E-state index is 13.4. The highest BCUT2D eigenvalue weighted by atomic mass is 19.1. The van der Waals surface area contributed by atoms with Crippen LogP contribution in [0.5, 0.6) is 0 Å². The van der Waals surface area contributed by atoms with Gasteiger partial charge in [-0.2, -0.15) is 0 Å². The molecule has 1 aliphatic carbocycles. The predicted octanol–water partition coefficient (Wildman–Crippen LogP) is 3.69. The number of amides is 3. The Morgan fingerprint density at radius 1 is 1.00 bits per heavy atom. The maximum absolute atomic E-state index is 13.4. The average Bonchev–Trinajstić information content (AvgIpc) is 3.72. The van der Waals surface area contributed by atoms with Gasteiger partial charge in [0.2, 0.25) is 5.91 Å². The molecule has 196 valence electrons. The number of carbonyl (C=O) groups excluding carboxylic acids is 3. The molecular weight excluding hydrogens is 487 g/mol. The number of primary amides is 1. The highest BCUT2D eigenvalue weighted by Crippen LogP contribution is 2.41. The second-order valence-corrected chi connectivity index (χ2v) is 10.1. The van der Waals surface area contributed by atoms with E-state index in [9.17, 15) is 18.8 Å². The van der Waals surface area contributed by atoms with Gasteiger partial charge in [0, 0.05) is 25.2 Å². The third-order valence-corrected chi connectivity index (χ3v) is 6.89. The van der Waals surface area contributed by atoms with Crippen LogP contribution in [-0.2, 0) is 22.6 Å². The van der Waals surface area contributed by atoms with E-state index in [4.69, 9.17) is 10.5 Å². The van der Waals surface area contributed by atoms with Gasteiger partial charge in [-0.1, -0.05) is 48.5 Å². The summed E-state index contributed by atoms with van der Waals surface area (Å²) in [5.74, 6) is -0.934. The second-order valence-electron chi connectivity index (χ2n) is 10.1. The van der Waals surface area contributed by atoms with Gasteiger partial charge in [-0.15, -0.1) is 0 Å². The molecule has 1 aliphatic heterocycles. The van der Waals surface area contributed by atoms with Gasteiger partial charge >= 0.3 is 6.09 Å². The minimum absolute atomic E-state index is 0.0951. The van der Waals surface area contributed by atoms with Crippen molar-refractivity contribution in [2.45, 2.75) is 43.7 Å². The topological polar surface area (TPSA) is 115 Å². The van der Waals surface area contributed by atoms with Crippen LogP contribution in [0.3, 0.4) is 0 Å². The molecule has 0 atom stereocenters. The zero-order valence-corrected chi connectivity index (χ0v) is 20.9. The lowest BCUT2D eigenvalue weighted by Gasteiger charge is -2.49. The predicted molar refractivity (Wildman–Crippen MR) is 138 cm³/mol.